The Morgan fingerprint density at radius 1 is 1.20 bits per heavy atom. The monoisotopic (exact) mass is 366 g/mol. The lowest BCUT2D eigenvalue weighted by molar-refractivity contribution is -0.147. The predicted octanol–water partition coefficient (Wildman–Crippen LogP) is 1.16. The molecule has 2 heterocycles. The van der Waals surface area contributed by atoms with E-state index >= 15 is 0 Å². The molecule has 136 valence electrons. The van der Waals surface area contributed by atoms with Gasteiger partial charge in [0, 0.05) is 19.6 Å². The molecular formula is C17H22N2O5S. The van der Waals surface area contributed by atoms with Gasteiger partial charge in [0.25, 0.3) is 0 Å². The predicted molar refractivity (Wildman–Crippen MR) is 90.3 cm³/mol. The molecule has 0 aromatic heterocycles. The standard InChI is InChI=1S/C17H22N2O5S/c1-17(16(21)22)9-11-18(12-17)15(20)14-8-5-10-19(14)25(23,24)13-6-3-2-4-7-13/h2-4,6-7,14H,5,8-12H2,1H3,(H,21,22). The molecule has 0 aliphatic carbocycles. The molecule has 2 saturated heterocycles. The fourth-order valence-corrected chi connectivity index (χ4v) is 5.21. The molecule has 8 heteroatoms. The van der Waals surface area contributed by atoms with Crippen LogP contribution in [0.3, 0.4) is 0 Å². The maximum atomic E-state index is 12.9. The Balaban J connectivity index is 1.81. The van der Waals surface area contributed by atoms with Crippen molar-refractivity contribution in [2.24, 2.45) is 5.41 Å². The lowest BCUT2D eigenvalue weighted by Gasteiger charge is -2.28. The number of aliphatic carboxylic acids is 1. The molecule has 3 rings (SSSR count). The summed E-state index contributed by atoms with van der Waals surface area (Å²) in [5.41, 5.74) is -0.961. The topological polar surface area (TPSA) is 95.0 Å². The molecule has 1 aromatic carbocycles. The van der Waals surface area contributed by atoms with E-state index in [1.807, 2.05) is 0 Å². The molecule has 2 atom stereocenters. The van der Waals surface area contributed by atoms with Gasteiger partial charge in [0.05, 0.1) is 10.3 Å². The summed E-state index contributed by atoms with van der Waals surface area (Å²) in [6.07, 6.45) is 1.46. The Hall–Kier alpha value is -1.93. The van der Waals surface area contributed by atoms with Gasteiger partial charge in [0.15, 0.2) is 0 Å². The van der Waals surface area contributed by atoms with Crippen molar-refractivity contribution >= 4 is 21.9 Å². The molecule has 0 spiro atoms. The molecule has 0 bridgehead atoms. The second-order valence-electron chi connectivity index (χ2n) is 6.96. The van der Waals surface area contributed by atoms with E-state index in [4.69, 9.17) is 0 Å². The lowest BCUT2D eigenvalue weighted by Crippen LogP contribution is -2.47. The Labute approximate surface area is 147 Å². The third-order valence-corrected chi connectivity index (χ3v) is 7.06. The number of amides is 1. The van der Waals surface area contributed by atoms with Gasteiger partial charge in [-0.05, 0) is 38.3 Å². The number of hydrogen-bond acceptors (Lipinski definition) is 4. The van der Waals surface area contributed by atoms with E-state index in [2.05, 4.69) is 0 Å². The average molecular weight is 366 g/mol. The summed E-state index contributed by atoms with van der Waals surface area (Å²) in [5.74, 6) is -1.22. The van der Waals surface area contributed by atoms with E-state index in [0.29, 0.717) is 32.4 Å². The number of carbonyl (C=O) groups is 2. The maximum Gasteiger partial charge on any atom is 0.311 e. The Morgan fingerprint density at radius 3 is 2.48 bits per heavy atom. The zero-order chi connectivity index (χ0) is 18.2. The van der Waals surface area contributed by atoms with Crippen LogP contribution < -0.4 is 0 Å². The molecule has 2 unspecified atom stereocenters. The van der Waals surface area contributed by atoms with Gasteiger partial charge < -0.3 is 10.0 Å². The van der Waals surface area contributed by atoms with Crippen molar-refractivity contribution in [2.75, 3.05) is 19.6 Å². The first-order valence-corrected chi connectivity index (χ1v) is 9.79. The fourth-order valence-electron chi connectivity index (χ4n) is 3.54. The zero-order valence-corrected chi connectivity index (χ0v) is 14.9. The number of carboxylic acid groups (broad SMARTS) is 1. The van der Waals surface area contributed by atoms with Gasteiger partial charge in [-0.2, -0.15) is 4.31 Å². The first kappa shape index (κ1) is 17.9. The summed E-state index contributed by atoms with van der Waals surface area (Å²) in [7, 11) is -3.74. The number of hydrogen-bond donors (Lipinski definition) is 1. The number of sulfonamides is 1. The van der Waals surface area contributed by atoms with Gasteiger partial charge in [0.1, 0.15) is 6.04 Å². The normalized spacial score (nSPS) is 27.6. The van der Waals surface area contributed by atoms with E-state index in [9.17, 15) is 23.1 Å². The van der Waals surface area contributed by atoms with Crippen molar-refractivity contribution in [3.05, 3.63) is 30.3 Å². The second-order valence-corrected chi connectivity index (χ2v) is 8.85. The van der Waals surface area contributed by atoms with E-state index < -0.39 is 27.4 Å². The van der Waals surface area contributed by atoms with Crippen LogP contribution in [-0.2, 0) is 19.6 Å². The number of likely N-dealkylation sites (tertiary alicyclic amines) is 1. The van der Waals surface area contributed by atoms with Crippen molar-refractivity contribution < 1.29 is 23.1 Å². The minimum Gasteiger partial charge on any atom is -0.481 e. The Morgan fingerprint density at radius 2 is 1.88 bits per heavy atom. The van der Waals surface area contributed by atoms with Crippen molar-refractivity contribution in [1.29, 1.82) is 0 Å². The van der Waals surface area contributed by atoms with Gasteiger partial charge in [-0.3, -0.25) is 9.59 Å². The minimum absolute atomic E-state index is 0.122. The molecule has 2 fully saturated rings. The molecular weight excluding hydrogens is 344 g/mol. The zero-order valence-electron chi connectivity index (χ0n) is 14.1. The molecule has 2 aliphatic rings. The van der Waals surface area contributed by atoms with Crippen molar-refractivity contribution in [2.45, 2.75) is 37.1 Å². The van der Waals surface area contributed by atoms with E-state index in [0.717, 1.165) is 0 Å². The van der Waals surface area contributed by atoms with Crippen LogP contribution in [0.1, 0.15) is 26.2 Å². The molecule has 1 amide bonds. The molecule has 1 aromatic rings. The minimum atomic E-state index is -3.74. The highest BCUT2D eigenvalue weighted by Crippen LogP contribution is 2.33. The van der Waals surface area contributed by atoms with Crippen molar-refractivity contribution in [3.8, 4) is 0 Å². The molecule has 2 aliphatic heterocycles. The van der Waals surface area contributed by atoms with E-state index in [-0.39, 0.29) is 17.3 Å². The van der Waals surface area contributed by atoms with Crippen LogP contribution in [0.5, 0.6) is 0 Å². The van der Waals surface area contributed by atoms with Crippen LogP contribution in [0.25, 0.3) is 0 Å². The van der Waals surface area contributed by atoms with Crippen LogP contribution in [0.2, 0.25) is 0 Å². The quantitative estimate of drug-likeness (QED) is 0.863. The third kappa shape index (κ3) is 3.16. The van der Waals surface area contributed by atoms with Gasteiger partial charge in [-0.15, -0.1) is 0 Å². The molecule has 0 radical (unpaired) electrons. The number of benzene rings is 1. The Bertz CT molecular complexity index is 779. The van der Waals surface area contributed by atoms with Crippen molar-refractivity contribution in [1.82, 2.24) is 9.21 Å². The third-order valence-electron chi connectivity index (χ3n) is 5.14. The second kappa shape index (κ2) is 6.42. The first-order chi connectivity index (χ1) is 11.8. The molecule has 0 saturated carbocycles. The lowest BCUT2D eigenvalue weighted by atomic mass is 9.90. The fraction of sp³-hybridized carbons (Fsp3) is 0.529. The van der Waals surface area contributed by atoms with Gasteiger partial charge in [-0.25, -0.2) is 8.42 Å². The highest BCUT2D eigenvalue weighted by molar-refractivity contribution is 7.89. The van der Waals surface area contributed by atoms with Crippen LogP contribution in [-0.4, -0.2) is 60.3 Å². The van der Waals surface area contributed by atoms with Gasteiger partial charge in [0.2, 0.25) is 15.9 Å². The SMILES string of the molecule is CC1(C(=O)O)CCN(C(=O)C2CCCN2S(=O)(=O)c2ccccc2)C1. The first-order valence-electron chi connectivity index (χ1n) is 8.35. The van der Waals surface area contributed by atoms with Crippen LogP contribution >= 0.6 is 0 Å². The van der Waals surface area contributed by atoms with E-state index in [1.165, 1.54) is 21.3 Å². The summed E-state index contributed by atoms with van der Waals surface area (Å²) in [6.45, 7) is 2.39. The summed E-state index contributed by atoms with van der Waals surface area (Å²) < 4.78 is 27.0. The van der Waals surface area contributed by atoms with Gasteiger partial charge in [-0.1, -0.05) is 18.2 Å². The number of nitrogens with zero attached hydrogens (tertiary/aromatic N) is 2. The average Bonchev–Trinajstić information content (AvgIpc) is 3.23. The number of carboxylic acids is 1. The summed E-state index contributed by atoms with van der Waals surface area (Å²) >= 11 is 0. The number of carbonyl (C=O) groups excluding carboxylic acids is 1. The molecule has 25 heavy (non-hydrogen) atoms. The van der Waals surface area contributed by atoms with Crippen LogP contribution in [0.15, 0.2) is 35.2 Å². The molecule has 7 nitrogen and oxygen atoms in total. The van der Waals surface area contributed by atoms with Crippen LogP contribution in [0.4, 0.5) is 0 Å². The highest BCUT2D eigenvalue weighted by atomic mass is 32.2. The summed E-state index contributed by atoms with van der Waals surface area (Å²) in [4.78, 5) is 25.9. The van der Waals surface area contributed by atoms with E-state index in [1.54, 1.807) is 25.1 Å². The largest absolute Gasteiger partial charge is 0.481 e. The Kier molecular flexibility index (Phi) is 4.59. The van der Waals surface area contributed by atoms with Crippen LogP contribution in [0, 0.1) is 5.41 Å². The van der Waals surface area contributed by atoms with Crippen molar-refractivity contribution in [3.63, 3.8) is 0 Å². The smallest absolute Gasteiger partial charge is 0.311 e. The van der Waals surface area contributed by atoms with Gasteiger partial charge >= 0.3 is 5.97 Å². The molecule has 1 N–H and O–H groups in total. The summed E-state index contributed by atoms with van der Waals surface area (Å²) in [5, 5.41) is 9.32. The maximum absolute atomic E-state index is 12.9. The number of rotatable bonds is 4. The highest BCUT2D eigenvalue weighted by Gasteiger charge is 2.46. The summed E-state index contributed by atoms with van der Waals surface area (Å²) in [6, 6.07) is 7.33.